The third kappa shape index (κ3) is 45.7. The molecule has 0 aromatic carbocycles. The molecule has 0 aliphatic rings. The van der Waals surface area contributed by atoms with Crippen molar-refractivity contribution < 1.29 is 24.5 Å². The molecule has 0 fully saturated rings. The van der Waals surface area contributed by atoms with E-state index >= 15 is 0 Å². The molecule has 0 saturated heterocycles. The Morgan fingerprint density at radius 3 is 1.20 bits per heavy atom. The summed E-state index contributed by atoms with van der Waals surface area (Å²) < 4.78 is 5.46. The Hall–Kier alpha value is -1.66. The summed E-state index contributed by atoms with van der Waals surface area (Å²) >= 11 is 0. The molecule has 59 heavy (non-hydrogen) atoms. The first-order valence-electron chi connectivity index (χ1n) is 26.1. The molecule has 1 amide bonds. The first kappa shape index (κ1) is 57.3. The zero-order valence-corrected chi connectivity index (χ0v) is 39.5. The topological polar surface area (TPSA) is 95.9 Å². The van der Waals surface area contributed by atoms with Crippen molar-refractivity contribution in [3.8, 4) is 0 Å². The van der Waals surface area contributed by atoms with Crippen molar-refractivity contribution in [2.45, 2.75) is 289 Å². The highest BCUT2D eigenvalue weighted by Crippen LogP contribution is 2.16. The monoisotopic (exact) mass is 832 g/mol. The summed E-state index contributed by atoms with van der Waals surface area (Å²) in [5.74, 6) is -0.0863. The minimum Gasteiger partial charge on any atom is -0.466 e. The van der Waals surface area contributed by atoms with Gasteiger partial charge in [0.15, 0.2) is 0 Å². The van der Waals surface area contributed by atoms with E-state index in [1.165, 1.54) is 193 Å². The van der Waals surface area contributed by atoms with Gasteiger partial charge in [0.2, 0.25) is 5.91 Å². The van der Waals surface area contributed by atoms with Crippen molar-refractivity contribution in [1.29, 1.82) is 0 Å². The average molecular weight is 832 g/mol. The summed E-state index contributed by atoms with van der Waals surface area (Å²) in [6.07, 6.45) is 57.5. The Labute approximate surface area is 367 Å². The summed E-state index contributed by atoms with van der Waals surface area (Å²) in [7, 11) is 0. The summed E-state index contributed by atoms with van der Waals surface area (Å²) in [5.41, 5.74) is 0. The number of aliphatic hydroxyl groups is 2. The second kappa shape index (κ2) is 49.0. The molecule has 0 heterocycles. The lowest BCUT2D eigenvalue weighted by atomic mass is 10.0. The van der Waals surface area contributed by atoms with Crippen LogP contribution in [0.1, 0.15) is 277 Å². The van der Waals surface area contributed by atoms with Gasteiger partial charge in [-0.15, -0.1) is 0 Å². The predicted molar refractivity (Wildman–Crippen MR) is 255 cm³/mol. The molecule has 0 spiro atoms. The van der Waals surface area contributed by atoms with Gasteiger partial charge in [0.1, 0.15) is 0 Å². The van der Waals surface area contributed by atoms with Crippen LogP contribution in [0.25, 0.3) is 0 Å². The Balaban J connectivity index is 3.45. The Morgan fingerprint density at radius 2 is 0.797 bits per heavy atom. The Bertz CT molecular complexity index is 920. The van der Waals surface area contributed by atoms with E-state index in [9.17, 15) is 19.8 Å². The van der Waals surface area contributed by atoms with E-state index in [1.54, 1.807) is 6.08 Å². The zero-order chi connectivity index (χ0) is 43.0. The molecule has 0 aromatic rings. The van der Waals surface area contributed by atoms with E-state index in [-0.39, 0.29) is 18.5 Å². The van der Waals surface area contributed by atoms with Crippen LogP contribution in [0.5, 0.6) is 0 Å². The van der Waals surface area contributed by atoms with Gasteiger partial charge in [-0.2, -0.15) is 0 Å². The van der Waals surface area contributed by atoms with Gasteiger partial charge in [-0.1, -0.05) is 231 Å². The molecular weight excluding hydrogens is 731 g/mol. The van der Waals surface area contributed by atoms with Crippen LogP contribution in [0.15, 0.2) is 24.3 Å². The van der Waals surface area contributed by atoms with Crippen LogP contribution in [0.3, 0.4) is 0 Å². The van der Waals surface area contributed by atoms with Gasteiger partial charge >= 0.3 is 5.97 Å². The van der Waals surface area contributed by atoms with Crippen LogP contribution >= 0.6 is 0 Å². The first-order chi connectivity index (χ1) is 29.0. The summed E-state index contributed by atoms with van der Waals surface area (Å²) in [4.78, 5) is 24.4. The molecule has 0 bridgehead atoms. The van der Waals surface area contributed by atoms with E-state index in [0.29, 0.717) is 19.4 Å². The lowest BCUT2D eigenvalue weighted by molar-refractivity contribution is -0.143. The van der Waals surface area contributed by atoms with Gasteiger partial charge in [0.25, 0.3) is 0 Å². The molecule has 0 aromatic heterocycles. The van der Waals surface area contributed by atoms with Crippen molar-refractivity contribution in [1.82, 2.24) is 5.32 Å². The highest BCUT2D eigenvalue weighted by Gasteiger charge is 2.18. The SMILES string of the molecule is CCCCCCCC/C=C\CCCCCCCC(=O)OCCCCCCCCCCCCCCCCCC(=O)NC(CO)C(O)/C=C/CCCCCCCCCCCC. The van der Waals surface area contributed by atoms with Crippen molar-refractivity contribution in [3.05, 3.63) is 24.3 Å². The largest absolute Gasteiger partial charge is 0.466 e. The number of carbonyl (C=O) groups excluding carboxylic acids is 2. The molecule has 0 radical (unpaired) electrons. The maximum atomic E-state index is 12.4. The fourth-order valence-electron chi connectivity index (χ4n) is 7.92. The molecule has 2 atom stereocenters. The number of esters is 1. The quantitative estimate of drug-likeness (QED) is 0.0322. The number of hydrogen-bond acceptors (Lipinski definition) is 5. The van der Waals surface area contributed by atoms with Crippen LogP contribution in [0.4, 0.5) is 0 Å². The number of carbonyl (C=O) groups is 2. The lowest BCUT2D eigenvalue weighted by Crippen LogP contribution is -2.45. The number of allylic oxidation sites excluding steroid dienone is 3. The number of aliphatic hydroxyl groups excluding tert-OH is 2. The molecule has 0 aliphatic carbocycles. The smallest absolute Gasteiger partial charge is 0.305 e. The lowest BCUT2D eigenvalue weighted by Gasteiger charge is -2.20. The minimum atomic E-state index is -0.849. The Kier molecular flexibility index (Phi) is 47.6. The second-order valence-corrected chi connectivity index (χ2v) is 17.9. The van der Waals surface area contributed by atoms with Gasteiger partial charge in [0, 0.05) is 12.8 Å². The molecule has 6 nitrogen and oxygen atoms in total. The molecular formula is C53H101NO5. The van der Waals surface area contributed by atoms with Gasteiger partial charge in [0.05, 0.1) is 25.4 Å². The van der Waals surface area contributed by atoms with Gasteiger partial charge in [-0.25, -0.2) is 0 Å². The fourth-order valence-corrected chi connectivity index (χ4v) is 7.92. The van der Waals surface area contributed by atoms with E-state index in [4.69, 9.17) is 4.74 Å². The number of unbranched alkanes of at least 4 members (excludes halogenated alkanes) is 35. The summed E-state index contributed by atoms with van der Waals surface area (Å²) in [5, 5.41) is 23.0. The number of amides is 1. The van der Waals surface area contributed by atoms with Crippen LogP contribution in [0, 0.1) is 0 Å². The Morgan fingerprint density at radius 1 is 0.458 bits per heavy atom. The molecule has 348 valence electrons. The standard InChI is InChI=1S/C53H101NO5/c1-3-5-7-9-11-13-15-17-19-23-27-31-35-39-43-47-53(58)59-48-44-40-36-32-28-24-21-18-20-22-26-30-34-38-42-46-52(57)54-50(49-55)51(56)45-41-37-33-29-25-16-14-12-10-8-6-4-2/h17,19,41,45,50-51,55-56H,3-16,18,20-40,42-44,46-49H2,1-2H3,(H,54,57)/b19-17-,45-41+. The number of hydrogen-bond donors (Lipinski definition) is 3. The van der Waals surface area contributed by atoms with E-state index < -0.39 is 12.1 Å². The van der Waals surface area contributed by atoms with Gasteiger partial charge in [-0.3, -0.25) is 9.59 Å². The normalized spacial score (nSPS) is 12.8. The molecule has 3 N–H and O–H groups in total. The summed E-state index contributed by atoms with van der Waals surface area (Å²) in [6, 6.07) is -0.633. The third-order valence-electron chi connectivity index (χ3n) is 12.0. The van der Waals surface area contributed by atoms with Crippen LogP contribution in [0.2, 0.25) is 0 Å². The first-order valence-corrected chi connectivity index (χ1v) is 26.1. The maximum Gasteiger partial charge on any atom is 0.305 e. The molecule has 2 unspecified atom stereocenters. The minimum absolute atomic E-state index is 0.00874. The van der Waals surface area contributed by atoms with E-state index in [2.05, 4.69) is 31.3 Å². The van der Waals surface area contributed by atoms with Crippen molar-refractivity contribution >= 4 is 11.9 Å². The highest BCUT2D eigenvalue weighted by atomic mass is 16.5. The van der Waals surface area contributed by atoms with Crippen LogP contribution in [-0.2, 0) is 14.3 Å². The third-order valence-corrected chi connectivity index (χ3v) is 12.0. The number of nitrogens with one attached hydrogen (secondary N) is 1. The molecule has 0 saturated carbocycles. The van der Waals surface area contributed by atoms with Gasteiger partial charge in [-0.05, 0) is 57.8 Å². The molecule has 0 rings (SSSR count). The predicted octanol–water partition coefficient (Wildman–Crippen LogP) is 15.5. The van der Waals surface area contributed by atoms with Crippen LogP contribution in [-0.4, -0.2) is 47.4 Å². The van der Waals surface area contributed by atoms with Crippen molar-refractivity contribution in [3.63, 3.8) is 0 Å². The average Bonchev–Trinajstić information content (AvgIpc) is 3.24. The molecule has 0 aliphatic heterocycles. The summed E-state index contributed by atoms with van der Waals surface area (Å²) in [6.45, 7) is 4.87. The van der Waals surface area contributed by atoms with Crippen molar-refractivity contribution in [2.75, 3.05) is 13.2 Å². The van der Waals surface area contributed by atoms with Crippen molar-refractivity contribution in [2.24, 2.45) is 0 Å². The fraction of sp³-hybridized carbons (Fsp3) is 0.887. The van der Waals surface area contributed by atoms with Crippen LogP contribution < -0.4 is 5.32 Å². The van der Waals surface area contributed by atoms with E-state index in [1.807, 2.05) is 6.08 Å². The number of ether oxygens (including phenoxy) is 1. The van der Waals surface area contributed by atoms with Gasteiger partial charge < -0.3 is 20.3 Å². The number of rotatable bonds is 48. The van der Waals surface area contributed by atoms with E-state index in [0.717, 1.165) is 57.8 Å². The highest BCUT2D eigenvalue weighted by molar-refractivity contribution is 5.76. The second-order valence-electron chi connectivity index (χ2n) is 17.9. The molecule has 6 heteroatoms. The zero-order valence-electron chi connectivity index (χ0n) is 39.5. The maximum absolute atomic E-state index is 12.4.